The van der Waals surface area contributed by atoms with Crippen molar-refractivity contribution < 1.29 is 4.79 Å². The van der Waals surface area contributed by atoms with Crippen molar-refractivity contribution >= 4 is 5.91 Å². The molecule has 5 nitrogen and oxygen atoms in total. The number of hydrogen-bond acceptors (Lipinski definition) is 4. The van der Waals surface area contributed by atoms with Crippen LogP contribution in [0.1, 0.15) is 44.7 Å². The molecule has 2 atom stereocenters. The topological polar surface area (TPSA) is 39.7 Å². The Morgan fingerprint density at radius 1 is 1.17 bits per heavy atom. The van der Waals surface area contributed by atoms with Gasteiger partial charge in [-0.25, -0.2) is 0 Å². The summed E-state index contributed by atoms with van der Waals surface area (Å²) in [5.41, 5.74) is 1.32. The number of likely N-dealkylation sites (tertiary alicyclic amines) is 1. The molecule has 0 saturated carbocycles. The Bertz CT molecular complexity index is 527. The quantitative estimate of drug-likeness (QED) is 0.848. The van der Waals surface area contributed by atoms with Gasteiger partial charge < -0.3 is 4.90 Å². The zero-order chi connectivity index (χ0) is 16.9. The van der Waals surface area contributed by atoms with E-state index < -0.39 is 0 Å². The van der Waals surface area contributed by atoms with Crippen molar-refractivity contribution in [1.29, 1.82) is 0 Å². The molecule has 0 bridgehead atoms. The molecular formula is C19H30N4O. The predicted molar refractivity (Wildman–Crippen MR) is 95.7 cm³/mol. The third-order valence-electron chi connectivity index (χ3n) is 5.63. The van der Waals surface area contributed by atoms with Crippen molar-refractivity contribution in [3.8, 4) is 0 Å². The monoisotopic (exact) mass is 330 g/mol. The summed E-state index contributed by atoms with van der Waals surface area (Å²) in [6, 6.07) is 5.02. The van der Waals surface area contributed by atoms with Crippen LogP contribution in [0.2, 0.25) is 0 Å². The maximum absolute atomic E-state index is 12.6. The van der Waals surface area contributed by atoms with Crippen LogP contribution in [0.25, 0.3) is 0 Å². The SMILES string of the molecule is C[C@H](c1ccncc1)N1CCN(CC(=O)N2CCCC[C@@H]2C)CC1. The van der Waals surface area contributed by atoms with Crippen LogP contribution in [0.15, 0.2) is 24.5 Å². The zero-order valence-electron chi connectivity index (χ0n) is 15.0. The summed E-state index contributed by atoms with van der Waals surface area (Å²) in [4.78, 5) is 23.6. The van der Waals surface area contributed by atoms with E-state index in [2.05, 4.69) is 45.7 Å². The molecule has 2 saturated heterocycles. The molecule has 5 heteroatoms. The average molecular weight is 330 g/mol. The van der Waals surface area contributed by atoms with Crippen LogP contribution in [-0.4, -0.2) is 70.9 Å². The molecule has 0 aliphatic carbocycles. The van der Waals surface area contributed by atoms with E-state index >= 15 is 0 Å². The minimum atomic E-state index is 0.317. The number of hydrogen-bond donors (Lipinski definition) is 0. The fourth-order valence-electron chi connectivity index (χ4n) is 3.91. The lowest BCUT2D eigenvalue weighted by molar-refractivity contribution is -0.136. The molecule has 1 aromatic heterocycles. The van der Waals surface area contributed by atoms with Crippen LogP contribution < -0.4 is 0 Å². The first-order valence-corrected chi connectivity index (χ1v) is 9.31. The fourth-order valence-corrected chi connectivity index (χ4v) is 3.91. The molecule has 2 aliphatic rings. The normalized spacial score (nSPS) is 24.8. The van der Waals surface area contributed by atoms with E-state index in [9.17, 15) is 4.79 Å². The van der Waals surface area contributed by atoms with Crippen molar-refractivity contribution in [3.05, 3.63) is 30.1 Å². The highest BCUT2D eigenvalue weighted by Gasteiger charge is 2.27. The van der Waals surface area contributed by atoms with Crippen molar-refractivity contribution in [2.75, 3.05) is 39.3 Å². The first-order chi connectivity index (χ1) is 11.6. The summed E-state index contributed by atoms with van der Waals surface area (Å²) in [6.07, 6.45) is 7.30. The lowest BCUT2D eigenvalue weighted by Gasteiger charge is -2.39. The van der Waals surface area contributed by atoms with Gasteiger partial charge in [-0.05, 0) is 50.8 Å². The van der Waals surface area contributed by atoms with Gasteiger partial charge in [0.05, 0.1) is 6.54 Å². The summed E-state index contributed by atoms with van der Waals surface area (Å²) >= 11 is 0. The first kappa shape index (κ1) is 17.4. The molecule has 1 amide bonds. The van der Waals surface area contributed by atoms with Gasteiger partial charge in [0.1, 0.15) is 0 Å². The number of piperidine rings is 1. The number of amides is 1. The minimum Gasteiger partial charge on any atom is -0.339 e. The highest BCUT2D eigenvalue weighted by molar-refractivity contribution is 5.78. The molecule has 132 valence electrons. The smallest absolute Gasteiger partial charge is 0.236 e. The molecule has 24 heavy (non-hydrogen) atoms. The van der Waals surface area contributed by atoms with Crippen LogP contribution in [0.5, 0.6) is 0 Å². The molecule has 3 heterocycles. The third kappa shape index (κ3) is 4.14. The van der Waals surface area contributed by atoms with Crippen molar-refractivity contribution in [1.82, 2.24) is 19.7 Å². The van der Waals surface area contributed by atoms with Gasteiger partial charge in [0.2, 0.25) is 5.91 Å². The number of carbonyl (C=O) groups excluding carboxylic acids is 1. The standard InChI is InChI=1S/C19H30N4O/c1-16-5-3-4-10-23(16)19(24)15-21-11-13-22(14-12-21)17(2)18-6-8-20-9-7-18/h6-9,16-17H,3-5,10-15H2,1-2H3/t16-,17+/m0/s1. The first-order valence-electron chi connectivity index (χ1n) is 9.31. The van der Waals surface area contributed by atoms with E-state index in [1.165, 1.54) is 12.0 Å². The highest BCUT2D eigenvalue weighted by Crippen LogP contribution is 2.21. The lowest BCUT2D eigenvalue weighted by atomic mass is 10.0. The molecule has 2 aliphatic heterocycles. The Morgan fingerprint density at radius 3 is 2.54 bits per heavy atom. The molecule has 0 N–H and O–H groups in total. The molecule has 0 spiro atoms. The van der Waals surface area contributed by atoms with Gasteiger partial charge in [0, 0.05) is 57.2 Å². The molecule has 0 radical (unpaired) electrons. The second-order valence-corrected chi connectivity index (χ2v) is 7.20. The van der Waals surface area contributed by atoms with E-state index in [0.717, 1.165) is 45.6 Å². The van der Waals surface area contributed by atoms with Crippen LogP contribution in [0, 0.1) is 0 Å². The minimum absolute atomic E-state index is 0.317. The van der Waals surface area contributed by atoms with Crippen molar-refractivity contribution in [2.45, 2.75) is 45.2 Å². The Hall–Kier alpha value is -1.46. The maximum Gasteiger partial charge on any atom is 0.236 e. The van der Waals surface area contributed by atoms with Crippen LogP contribution in [0.4, 0.5) is 0 Å². The number of nitrogens with zero attached hydrogens (tertiary/aromatic N) is 4. The van der Waals surface area contributed by atoms with E-state index in [0.29, 0.717) is 24.5 Å². The average Bonchev–Trinajstić information content (AvgIpc) is 2.63. The zero-order valence-corrected chi connectivity index (χ0v) is 15.0. The molecule has 0 aromatic carbocycles. The van der Waals surface area contributed by atoms with Gasteiger partial charge in [-0.15, -0.1) is 0 Å². The van der Waals surface area contributed by atoms with Crippen molar-refractivity contribution in [2.24, 2.45) is 0 Å². The summed E-state index contributed by atoms with van der Waals surface area (Å²) in [5.74, 6) is 0.317. The van der Waals surface area contributed by atoms with Gasteiger partial charge in [-0.1, -0.05) is 0 Å². The van der Waals surface area contributed by atoms with Crippen molar-refractivity contribution in [3.63, 3.8) is 0 Å². The molecule has 0 unspecified atom stereocenters. The number of aromatic nitrogens is 1. The summed E-state index contributed by atoms with van der Waals surface area (Å²) in [5, 5.41) is 0. The Morgan fingerprint density at radius 2 is 1.88 bits per heavy atom. The Labute approximate surface area is 145 Å². The van der Waals surface area contributed by atoms with Crippen LogP contribution in [-0.2, 0) is 4.79 Å². The lowest BCUT2D eigenvalue weighted by Crippen LogP contribution is -2.52. The fraction of sp³-hybridized carbons (Fsp3) is 0.684. The predicted octanol–water partition coefficient (Wildman–Crippen LogP) is 2.16. The largest absolute Gasteiger partial charge is 0.339 e. The third-order valence-corrected chi connectivity index (χ3v) is 5.63. The van der Waals surface area contributed by atoms with Crippen LogP contribution >= 0.6 is 0 Å². The molecule has 1 aromatic rings. The number of pyridine rings is 1. The molecule has 2 fully saturated rings. The van der Waals surface area contributed by atoms with E-state index in [1.807, 2.05) is 12.4 Å². The van der Waals surface area contributed by atoms with E-state index in [1.54, 1.807) is 0 Å². The number of piperazine rings is 1. The maximum atomic E-state index is 12.6. The highest BCUT2D eigenvalue weighted by atomic mass is 16.2. The van der Waals surface area contributed by atoms with E-state index in [-0.39, 0.29) is 0 Å². The van der Waals surface area contributed by atoms with Gasteiger partial charge in [0.25, 0.3) is 0 Å². The summed E-state index contributed by atoms with van der Waals surface area (Å²) in [6.45, 7) is 9.96. The van der Waals surface area contributed by atoms with Gasteiger partial charge in [-0.3, -0.25) is 19.6 Å². The molecule has 3 rings (SSSR count). The van der Waals surface area contributed by atoms with Gasteiger partial charge in [0.15, 0.2) is 0 Å². The summed E-state index contributed by atoms with van der Waals surface area (Å²) < 4.78 is 0. The molecular weight excluding hydrogens is 300 g/mol. The summed E-state index contributed by atoms with van der Waals surface area (Å²) in [7, 11) is 0. The van der Waals surface area contributed by atoms with E-state index in [4.69, 9.17) is 0 Å². The number of rotatable bonds is 4. The number of carbonyl (C=O) groups is 1. The Balaban J connectivity index is 1.47. The van der Waals surface area contributed by atoms with Gasteiger partial charge in [-0.2, -0.15) is 0 Å². The Kier molecular flexibility index (Phi) is 5.85. The van der Waals surface area contributed by atoms with Crippen LogP contribution in [0.3, 0.4) is 0 Å². The second-order valence-electron chi connectivity index (χ2n) is 7.20. The van der Waals surface area contributed by atoms with Gasteiger partial charge >= 0.3 is 0 Å². The second kappa shape index (κ2) is 8.08.